The minimum Gasteiger partial charge on any atom is -0.381 e. The molecular weight excluding hydrogens is 244 g/mol. The van der Waals surface area contributed by atoms with Crippen LogP contribution < -0.4 is 5.32 Å². The summed E-state index contributed by atoms with van der Waals surface area (Å²) in [6, 6.07) is 6.64. The van der Waals surface area contributed by atoms with E-state index in [-0.39, 0.29) is 0 Å². The van der Waals surface area contributed by atoms with Gasteiger partial charge in [-0.25, -0.2) is 0 Å². The van der Waals surface area contributed by atoms with Gasteiger partial charge in [-0.2, -0.15) is 0 Å². The zero-order valence-corrected chi connectivity index (χ0v) is 12.3. The van der Waals surface area contributed by atoms with Crippen molar-refractivity contribution in [2.45, 2.75) is 32.7 Å². The first-order valence-electron chi connectivity index (χ1n) is 6.77. The van der Waals surface area contributed by atoms with Gasteiger partial charge in [0.25, 0.3) is 0 Å². The Morgan fingerprint density at radius 1 is 1.33 bits per heavy atom. The lowest BCUT2D eigenvalue weighted by atomic mass is 9.90. The fourth-order valence-electron chi connectivity index (χ4n) is 2.64. The summed E-state index contributed by atoms with van der Waals surface area (Å²) in [5, 5.41) is 4.40. The number of likely N-dealkylation sites (tertiary alicyclic amines) is 1. The van der Waals surface area contributed by atoms with Crippen LogP contribution in [0.4, 0.5) is 5.69 Å². The number of anilines is 1. The molecule has 1 aliphatic heterocycles. The van der Waals surface area contributed by atoms with Crippen LogP contribution in [-0.4, -0.2) is 31.1 Å². The van der Waals surface area contributed by atoms with Gasteiger partial charge in [-0.3, -0.25) is 0 Å². The van der Waals surface area contributed by atoms with Crippen LogP contribution in [0.2, 0.25) is 5.02 Å². The summed E-state index contributed by atoms with van der Waals surface area (Å²) in [4.78, 5) is 2.41. The molecule has 0 amide bonds. The summed E-state index contributed by atoms with van der Waals surface area (Å²) in [6.45, 7) is 6.78. The van der Waals surface area contributed by atoms with Crippen LogP contribution in [0.1, 0.15) is 25.3 Å². The number of halogens is 1. The number of rotatable bonds is 3. The van der Waals surface area contributed by atoms with Gasteiger partial charge in [-0.1, -0.05) is 17.7 Å². The predicted molar refractivity (Wildman–Crippen MR) is 79.5 cm³/mol. The van der Waals surface area contributed by atoms with Crippen LogP contribution in [0.25, 0.3) is 0 Å². The zero-order valence-electron chi connectivity index (χ0n) is 11.5. The molecule has 1 aromatic rings. The van der Waals surface area contributed by atoms with Crippen LogP contribution in [-0.2, 0) is 0 Å². The van der Waals surface area contributed by atoms with Crippen molar-refractivity contribution >= 4 is 17.3 Å². The number of aryl methyl sites for hydroxylation is 1. The number of piperidine rings is 1. The molecule has 0 aliphatic carbocycles. The molecule has 0 spiro atoms. The average molecular weight is 267 g/mol. The average Bonchev–Trinajstić information content (AvgIpc) is 2.34. The van der Waals surface area contributed by atoms with E-state index in [4.69, 9.17) is 11.6 Å². The summed E-state index contributed by atoms with van der Waals surface area (Å²) in [5.41, 5.74) is 2.32. The fraction of sp³-hybridized carbons (Fsp3) is 0.600. The molecule has 1 fully saturated rings. The third-order valence-corrected chi connectivity index (χ3v) is 4.30. The number of hydrogen-bond donors (Lipinski definition) is 1. The van der Waals surface area contributed by atoms with Crippen LogP contribution in [0, 0.1) is 12.8 Å². The Hall–Kier alpha value is -0.730. The smallest absolute Gasteiger partial charge is 0.0637 e. The highest BCUT2D eigenvalue weighted by Gasteiger charge is 2.22. The Labute approximate surface area is 115 Å². The normalized spacial score (nSPS) is 19.8. The minimum absolute atomic E-state index is 0.484. The molecule has 2 nitrogen and oxygen atoms in total. The second-order valence-corrected chi connectivity index (χ2v) is 5.96. The maximum Gasteiger partial charge on any atom is 0.0637 e. The maximum absolute atomic E-state index is 6.23. The van der Waals surface area contributed by atoms with Crippen molar-refractivity contribution in [3.8, 4) is 0 Å². The van der Waals surface area contributed by atoms with Gasteiger partial charge >= 0.3 is 0 Å². The van der Waals surface area contributed by atoms with Gasteiger partial charge in [-0.05, 0) is 70.4 Å². The molecule has 1 saturated heterocycles. The molecule has 1 aliphatic rings. The first-order chi connectivity index (χ1) is 8.56. The third kappa shape index (κ3) is 3.39. The standard InChI is InChI=1S/C15H23ClN2/c1-11-4-5-14(16)15(10-11)17-12(2)13-6-8-18(3)9-7-13/h4-5,10,12-13,17H,6-9H2,1-3H3. The molecule has 3 heteroatoms. The van der Waals surface area contributed by atoms with Crippen LogP contribution in [0.3, 0.4) is 0 Å². The molecule has 100 valence electrons. The zero-order chi connectivity index (χ0) is 13.1. The van der Waals surface area contributed by atoms with Gasteiger partial charge in [0.2, 0.25) is 0 Å². The van der Waals surface area contributed by atoms with Crippen molar-refractivity contribution in [3.05, 3.63) is 28.8 Å². The molecule has 0 aromatic heterocycles. The van der Waals surface area contributed by atoms with Crippen LogP contribution in [0.5, 0.6) is 0 Å². The summed E-state index contributed by atoms with van der Waals surface area (Å²) in [7, 11) is 2.20. The lowest BCUT2D eigenvalue weighted by molar-refractivity contribution is 0.208. The monoisotopic (exact) mass is 266 g/mol. The van der Waals surface area contributed by atoms with Crippen molar-refractivity contribution in [2.24, 2.45) is 5.92 Å². The van der Waals surface area contributed by atoms with E-state index in [1.165, 1.54) is 31.5 Å². The van der Waals surface area contributed by atoms with E-state index < -0.39 is 0 Å². The molecule has 1 unspecified atom stereocenters. The molecule has 0 radical (unpaired) electrons. The quantitative estimate of drug-likeness (QED) is 0.896. The van der Waals surface area contributed by atoms with E-state index >= 15 is 0 Å². The van der Waals surface area contributed by atoms with E-state index in [0.717, 1.165) is 16.6 Å². The SMILES string of the molecule is Cc1ccc(Cl)c(NC(C)C2CCN(C)CC2)c1. The third-order valence-electron chi connectivity index (χ3n) is 3.98. The summed E-state index contributed by atoms with van der Waals surface area (Å²) in [6.07, 6.45) is 2.54. The van der Waals surface area contributed by atoms with Crippen molar-refractivity contribution in [1.82, 2.24) is 4.90 Å². The molecule has 0 saturated carbocycles. The molecule has 1 atom stereocenters. The molecular formula is C15H23ClN2. The van der Waals surface area contributed by atoms with E-state index in [0.29, 0.717) is 6.04 Å². The van der Waals surface area contributed by atoms with E-state index in [9.17, 15) is 0 Å². The van der Waals surface area contributed by atoms with Gasteiger partial charge in [-0.15, -0.1) is 0 Å². The largest absolute Gasteiger partial charge is 0.381 e. The highest BCUT2D eigenvalue weighted by atomic mass is 35.5. The predicted octanol–water partition coefficient (Wildman–Crippen LogP) is 3.79. The molecule has 1 heterocycles. The lowest BCUT2D eigenvalue weighted by Gasteiger charge is -2.33. The van der Waals surface area contributed by atoms with Crippen LogP contribution >= 0.6 is 11.6 Å². The van der Waals surface area contributed by atoms with E-state index in [2.05, 4.69) is 37.2 Å². The Morgan fingerprint density at radius 2 is 2.00 bits per heavy atom. The van der Waals surface area contributed by atoms with Crippen molar-refractivity contribution in [3.63, 3.8) is 0 Å². The van der Waals surface area contributed by atoms with E-state index in [1.54, 1.807) is 0 Å². The lowest BCUT2D eigenvalue weighted by Crippen LogP contribution is -2.37. The highest BCUT2D eigenvalue weighted by molar-refractivity contribution is 6.33. The molecule has 2 rings (SSSR count). The topological polar surface area (TPSA) is 15.3 Å². The Kier molecular flexibility index (Phi) is 4.52. The van der Waals surface area contributed by atoms with Gasteiger partial charge in [0.05, 0.1) is 10.7 Å². The molecule has 18 heavy (non-hydrogen) atoms. The highest BCUT2D eigenvalue weighted by Crippen LogP contribution is 2.27. The number of nitrogens with one attached hydrogen (secondary N) is 1. The Morgan fingerprint density at radius 3 is 2.67 bits per heavy atom. The number of hydrogen-bond acceptors (Lipinski definition) is 2. The number of nitrogens with zero attached hydrogens (tertiary/aromatic N) is 1. The maximum atomic E-state index is 6.23. The second-order valence-electron chi connectivity index (χ2n) is 5.56. The number of benzene rings is 1. The molecule has 0 bridgehead atoms. The second kappa shape index (κ2) is 5.94. The summed E-state index contributed by atoms with van der Waals surface area (Å²) in [5.74, 6) is 0.748. The van der Waals surface area contributed by atoms with Crippen molar-refractivity contribution in [1.29, 1.82) is 0 Å². The van der Waals surface area contributed by atoms with Crippen LogP contribution in [0.15, 0.2) is 18.2 Å². The minimum atomic E-state index is 0.484. The summed E-state index contributed by atoms with van der Waals surface area (Å²) < 4.78 is 0. The fourth-order valence-corrected chi connectivity index (χ4v) is 2.81. The van der Waals surface area contributed by atoms with Gasteiger partial charge in [0, 0.05) is 6.04 Å². The van der Waals surface area contributed by atoms with Gasteiger partial charge < -0.3 is 10.2 Å². The molecule has 1 aromatic carbocycles. The Bertz CT molecular complexity index is 397. The first kappa shape index (κ1) is 13.7. The molecule has 1 N–H and O–H groups in total. The van der Waals surface area contributed by atoms with E-state index in [1.807, 2.05) is 12.1 Å². The first-order valence-corrected chi connectivity index (χ1v) is 7.15. The van der Waals surface area contributed by atoms with Crippen molar-refractivity contribution in [2.75, 3.05) is 25.5 Å². The summed E-state index contributed by atoms with van der Waals surface area (Å²) >= 11 is 6.23. The van der Waals surface area contributed by atoms with Crippen molar-refractivity contribution < 1.29 is 0 Å². The van der Waals surface area contributed by atoms with Gasteiger partial charge in [0.15, 0.2) is 0 Å². The Balaban J connectivity index is 1.98. The van der Waals surface area contributed by atoms with Gasteiger partial charge in [0.1, 0.15) is 0 Å².